The summed E-state index contributed by atoms with van der Waals surface area (Å²) in [5, 5.41) is 10.00. The van der Waals surface area contributed by atoms with Crippen molar-refractivity contribution < 1.29 is 8.42 Å². The van der Waals surface area contributed by atoms with Crippen molar-refractivity contribution in [3.8, 4) is 0 Å². The highest BCUT2D eigenvalue weighted by atomic mass is 32.2. The van der Waals surface area contributed by atoms with Crippen LogP contribution in [0.4, 0.5) is 5.69 Å². The first-order chi connectivity index (χ1) is 11.9. The molecule has 6 nitrogen and oxygen atoms in total. The molecule has 1 fully saturated rings. The fraction of sp³-hybridized carbons (Fsp3) is 0.611. The molecule has 0 spiro atoms. The van der Waals surface area contributed by atoms with Gasteiger partial charge in [-0.15, -0.1) is 0 Å². The third-order valence-corrected chi connectivity index (χ3v) is 6.06. The van der Waals surface area contributed by atoms with Crippen LogP contribution in [-0.4, -0.2) is 51.1 Å². The standard InChI is InChI=1S/C18H30N4O2S/c1-4-19-18(22-16-10-11-25(23,24)13-16)20-12-17(14(2)3)21-15-8-6-5-7-9-15/h5-9,14,16-17,21H,4,10-13H2,1-3H3,(H2,19,20,22). The number of guanidine groups is 1. The Bertz CT molecular complexity index is 659. The molecule has 0 bridgehead atoms. The first-order valence-electron chi connectivity index (χ1n) is 8.96. The quantitative estimate of drug-likeness (QED) is 0.507. The molecule has 1 aliphatic rings. The summed E-state index contributed by atoms with van der Waals surface area (Å²) in [6.45, 7) is 7.69. The van der Waals surface area contributed by atoms with Crippen LogP contribution >= 0.6 is 0 Å². The van der Waals surface area contributed by atoms with Crippen LogP contribution in [0.15, 0.2) is 35.3 Å². The van der Waals surface area contributed by atoms with E-state index in [0.717, 1.165) is 12.2 Å². The van der Waals surface area contributed by atoms with Gasteiger partial charge in [0.2, 0.25) is 0 Å². The first-order valence-corrected chi connectivity index (χ1v) is 10.8. The summed E-state index contributed by atoms with van der Waals surface area (Å²) >= 11 is 0. The first kappa shape index (κ1) is 19.6. The molecule has 1 saturated heterocycles. The van der Waals surface area contributed by atoms with Gasteiger partial charge in [0, 0.05) is 24.3 Å². The summed E-state index contributed by atoms with van der Waals surface area (Å²) in [6.07, 6.45) is 0.641. The molecule has 0 saturated carbocycles. The molecule has 2 atom stereocenters. The minimum Gasteiger partial charge on any atom is -0.380 e. The molecule has 3 N–H and O–H groups in total. The second-order valence-corrected chi connectivity index (χ2v) is 9.05. The predicted octanol–water partition coefficient (Wildman–Crippen LogP) is 1.87. The van der Waals surface area contributed by atoms with Gasteiger partial charge >= 0.3 is 0 Å². The normalized spacial score (nSPS) is 21.1. The zero-order valence-corrected chi connectivity index (χ0v) is 16.1. The number of anilines is 1. The summed E-state index contributed by atoms with van der Waals surface area (Å²) in [5.74, 6) is 1.55. The zero-order chi connectivity index (χ0) is 18.3. The van der Waals surface area contributed by atoms with Crippen LogP contribution in [0, 0.1) is 5.92 Å². The third kappa shape index (κ3) is 6.57. The van der Waals surface area contributed by atoms with Crippen LogP contribution in [0.1, 0.15) is 27.2 Å². The van der Waals surface area contributed by atoms with Crippen molar-refractivity contribution in [2.75, 3.05) is 29.9 Å². The van der Waals surface area contributed by atoms with Crippen LogP contribution in [0.2, 0.25) is 0 Å². The molecule has 1 aliphatic heterocycles. The average Bonchev–Trinajstić information content (AvgIpc) is 2.90. The minimum absolute atomic E-state index is 0.0533. The van der Waals surface area contributed by atoms with Crippen LogP contribution in [-0.2, 0) is 9.84 Å². The topological polar surface area (TPSA) is 82.6 Å². The molecule has 1 aromatic carbocycles. The Hall–Kier alpha value is -1.76. The average molecular weight is 367 g/mol. The highest BCUT2D eigenvalue weighted by Crippen LogP contribution is 2.13. The second kappa shape index (κ2) is 9.08. The minimum atomic E-state index is -2.90. The van der Waals surface area contributed by atoms with Crippen molar-refractivity contribution in [1.29, 1.82) is 0 Å². The van der Waals surface area contributed by atoms with Crippen molar-refractivity contribution >= 4 is 21.5 Å². The van der Waals surface area contributed by atoms with E-state index in [0.29, 0.717) is 24.8 Å². The summed E-state index contributed by atoms with van der Waals surface area (Å²) in [5.41, 5.74) is 1.08. The summed E-state index contributed by atoms with van der Waals surface area (Å²) in [4.78, 5) is 4.68. The Balaban J connectivity index is 1.99. The number of nitrogens with zero attached hydrogens (tertiary/aromatic N) is 1. The number of sulfone groups is 1. The number of para-hydroxylation sites is 1. The lowest BCUT2D eigenvalue weighted by atomic mass is 10.0. The Morgan fingerprint density at radius 1 is 1.28 bits per heavy atom. The molecule has 140 valence electrons. The van der Waals surface area contributed by atoms with Crippen molar-refractivity contribution in [1.82, 2.24) is 10.6 Å². The van der Waals surface area contributed by atoms with Crippen LogP contribution in [0.3, 0.4) is 0 Å². The number of benzene rings is 1. The van der Waals surface area contributed by atoms with E-state index in [1.165, 1.54) is 0 Å². The van der Waals surface area contributed by atoms with E-state index < -0.39 is 9.84 Å². The van der Waals surface area contributed by atoms with Gasteiger partial charge in [-0.1, -0.05) is 32.0 Å². The van der Waals surface area contributed by atoms with Gasteiger partial charge in [0.05, 0.1) is 18.1 Å². The second-order valence-electron chi connectivity index (χ2n) is 6.82. The predicted molar refractivity (Wildman–Crippen MR) is 105 cm³/mol. The van der Waals surface area contributed by atoms with Gasteiger partial charge in [-0.3, -0.25) is 4.99 Å². The van der Waals surface area contributed by atoms with Gasteiger partial charge in [-0.25, -0.2) is 8.42 Å². The Kier molecular flexibility index (Phi) is 7.11. The highest BCUT2D eigenvalue weighted by Gasteiger charge is 2.28. The highest BCUT2D eigenvalue weighted by molar-refractivity contribution is 7.91. The lowest BCUT2D eigenvalue weighted by Crippen LogP contribution is -2.44. The number of aliphatic imine (C=N–C) groups is 1. The molecule has 2 unspecified atom stereocenters. The maximum atomic E-state index is 11.6. The fourth-order valence-electron chi connectivity index (χ4n) is 2.78. The van der Waals surface area contributed by atoms with E-state index in [9.17, 15) is 8.42 Å². The molecule has 0 radical (unpaired) electrons. The van der Waals surface area contributed by atoms with Crippen molar-refractivity contribution in [2.24, 2.45) is 10.9 Å². The van der Waals surface area contributed by atoms with Crippen molar-refractivity contribution in [3.05, 3.63) is 30.3 Å². The van der Waals surface area contributed by atoms with Gasteiger partial charge in [0.1, 0.15) is 0 Å². The fourth-order valence-corrected chi connectivity index (χ4v) is 4.46. The lowest BCUT2D eigenvalue weighted by molar-refractivity contribution is 0.529. The van der Waals surface area contributed by atoms with E-state index >= 15 is 0 Å². The largest absolute Gasteiger partial charge is 0.380 e. The van der Waals surface area contributed by atoms with Gasteiger partial charge < -0.3 is 16.0 Å². The molecule has 0 aliphatic carbocycles. The van der Waals surface area contributed by atoms with Crippen molar-refractivity contribution in [2.45, 2.75) is 39.3 Å². The SMILES string of the molecule is CCNC(=NCC(Nc1ccccc1)C(C)C)NC1CCS(=O)(=O)C1. The van der Waals surface area contributed by atoms with Gasteiger partial charge in [-0.05, 0) is 31.4 Å². The smallest absolute Gasteiger partial charge is 0.191 e. The van der Waals surface area contributed by atoms with Crippen LogP contribution in [0.25, 0.3) is 0 Å². The van der Waals surface area contributed by atoms with E-state index in [1.807, 2.05) is 37.3 Å². The van der Waals surface area contributed by atoms with E-state index in [1.54, 1.807) is 0 Å². The zero-order valence-electron chi connectivity index (χ0n) is 15.3. The maximum Gasteiger partial charge on any atom is 0.191 e. The summed E-state index contributed by atoms with van der Waals surface area (Å²) in [6, 6.07) is 10.3. The molecule has 0 amide bonds. The van der Waals surface area contributed by atoms with Crippen LogP contribution in [0.5, 0.6) is 0 Å². The molecule has 7 heteroatoms. The van der Waals surface area contributed by atoms with Gasteiger partial charge in [0.15, 0.2) is 15.8 Å². The number of hydrogen-bond donors (Lipinski definition) is 3. The number of hydrogen-bond acceptors (Lipinski definition) is 4. The molecular formula is C18H30N4O2S. The number of nitrogens with one attached hydrogen (secondary N) is 3. The molecule has 1 heterocycles. The lowest BCUT2D eigenvalue weighted by Gasteiger charge is -2.23. The molecule has 25 heavy (non-hydrogen) atoms. The maximum absolute atomic E-state index is 11.6. The monoisotopic (exact) mass is 366 g/mol. The third-order valence-electron chi connectivity index (χ3n) is 4.29. The Morgan fingerprint density at radius 3 is 2.56 bits per heavy atom. The van der Waals surface area contributed by atoms with Crippen molar-refractivity contribution in [3.63, 3.8) is 0 Å². The summed E-state index contributed by atoms with van der Waals surface area (Å²) < 4.78 is 23.3. The van der Waals surface area contributed by atoms with Crippen LogP contribution < -0.4 is 16.0 Å². The Labute approximate surface area is 151 Å². The van der Waals surface area contributed by atoms with E-state index in [-0.39, 0.29) is 23.6 Å². The molecule has 1 aromatic rings. The van der Waals surface area contributed by atoms with E-state index in [4.69, 9.17) is 0 Å². The summed E-state index contributed by atoms with van der Waals surface area (Å²) in [7, 11) is -2.90. The van der Waals surface area contributed by atoms with E-state index in [2.05, 4.69) is 34.8 Å². The molecular weight excluding hydrogens is 336 g/mol. The number of rotatable bonds is 7. The van der Waals surface area contributed by atoms with Gasteiger partial charge in [-0.2, -0.15) is 0 Å². The Morgan fingerprint density at radius 2 is 2.00 bits per heavy atom. The molecule has 0 aromatic heterocycles. The molecule has 2 rings (SSSR count). The van der Waals surface area contributed by atoms with Gasteiger partial charge in [0.25, 0.3) is 0 Å².